The van der Waals surface area contributed by atoms with E-state index in [9.17, 15) is 9.90 Å². The van der Waals surface area contributed by atoms with Gasteiger partial charge in [-0.05, 0) is 31.6 Å². The molecule has 0 radical (unpaired) electrons. The Morgan fingerprint density at radius 3 is 2.65 bits per heavy atom. The second kappa shape index (κ2) is 9.11. The van der Waals surface area contributed by atoms with Crippen LogP contribution in [0.5, 0.6) is 5.75 Å². The van der Waals surface area contributed by atoms with E-state index >= 15 is 0 Å². The Labute approximate surface area is 139 Å². The molecule has 23 heavy (non-hydrogen) atoms. The lowest BCUT2D eigenvalue weighted by molar-refractivity contribution is 0.266. The Balaban J connectivity index is 2.07. The van der Waals surface area contributed by atoms with E-state index in [1.54, 1.807) is 0 Å². The highest BCUT2D eigenvalue weighted by Gasteiger charge is 2.26. The topological polar surface area (TPSA) is 62.3 Å². The number of H-pyrrole nitrogens is 1. The van der Waals surface area contributed by atoms with Gasteiger partial charge in [0.1, 0.15) is 0 Å². The molecule has 0 aliphatic heterocycles. The fraction of sp³-hybridized carbons (Fsp3) is 0.737. The molecule has 1 aliphatic rings. The summed E-state index contributed by atoms with van der Waals surface area (Å²) in [4.78, 5) is 16.0. The van der Waals surface area contributed by atoms with Crippen LogP contribution in [0.15, 0.2) is 4.79 Å². The molecule has 0 aromatic carbocycles. The number of aryl methyl sites for hydroxylation is 1. The van der Waals surface area contributed by atoms with E-state index < -0.39 is 0 Å². The molecular formula is C19H31NO3. The van der Waals surface area contributed by atoms with E-state index in [2.05, 4.69) is 11.9 Å². The number of rotatable bonds is 9. The maximum atomic E-state index is 12.8. The Hall–Kier alpha value is -1.29. The maximum absolute atomic E-state index is 12.8. The van der Waals surface area contributed by atoms with Crippen molar-refractivity contribution < 1.29 is 9.84 Å². The van der Waals surface area contributed by atoms with E-state index in [-0.39, 0.29) is 12.0 Å². The lowest BCUT2D eigenvalue weighted by Gasteiger charge is -2.26. The van der Waals surface area contributed by atoms with Crippen LogP contribution in [0.2, 0.25) is 0 Å². The van der Waals surface area contributed by atoms with Gasteiger partial charge in [0.25, 0.3) is 0 Å². The van der Waals surface area contributed by atoms with Gasteiger partial charge in [-0.1, -0.05) is 45.4 Å². The van der Waals surface area contributed by atoms with Gasteiger partial charge in [-0.2, -0.15) is 0 Å². The molecule has 4 heteroatoms. The zero-order valence-electron chi connectivity index (χ0n) is 14.6. The molecule has 0 saturated heterocycles. The molecule has 0 bridgehead atoms. The molecule has 2 rings (SSSR count). The van der Waals surface area contributed by atoms with Crippen LogP contribution < -0.4 is 10.2 Å². The first-order chi connectivity index (χ1) is 11.2. The molecular weight excluding hydrogens is 290 g/mol. The van der Waals surface area contributed by atoms with E-state index in [0.29, 0.717) is 17.4 Å². The zero-order chi connectivity index (χ0) is 16.7. The van der Waals surface area contributed by atoms with Crippen molar-refractivity contribution in [3.8, 4) is 5.75 Å². The van der Waals surface area contributed by atoms with E-state index in [1.807, 2.05) is 0 Å². The van der Waals surface area contributed by atoms with Crippen LogP contribution in [0.1, 0.15) is 87.6 Å². The summed E-state index contributed by atoms with van der Waals surface area (Å²) in [7, 11) is 1.50. The highest BCUT2D eigenvalue weighted by atomic mass is 16.5. The quantitative estimate of drug-likeness (QED) is 0.675. The van der Waals surface area contributed by atoms with Crippen molar-refractivity contribution in [2.45, 2.75) is 83.7 Å². The summed E-state index contributed by atoms with van der Waals surface area (Å²) in [5.74, 6) is 0.636. The average Bonchev–Trinajstić information content (AvgIpc) is 2.57. The standard InChI is InChI=1S/C19H31NO3/c1-3-4-5-6-7-8-10-14-11-9-12-15-17(14)18(22)19(23-2)16(13-21)20-15/h14,21H,3-13H2,1-2H3,(H,20,22)/t14-/m1/s1. The monoisotopic (exact) mass is 321 g/mol. The number of ether oxygens (including phenoxy) is 1. The molecule has 1 atom stereocenters. The maximum Gasteiger partial charge on any atom is 0.227 e. The summed E-state index contributed by atoms with van der Waals surface area (Å²) in [6, 6.07) is 0. The number of nitrogens with one attached hydrogen (secondary N) is 1. The molecule has 1 heterocycles. The van der Waals surface area contributed by atoms with Crippen molar-refractivity contribution in [1.29, 1.82) is 0 Å². The van der Waals surface area contributed by atoms with Crippen LogP contribution in [0.3, 0.4) is 0 Å². The minimum absolute atomic E-state index is 0.0130. The lowest BCUT2D eigenvalue weighted by Crippen LogP contribution is -2.25. The Kier molecular flexibility index (Phi) is 7.15. The molecule has 4 nitrogen and oxygen atoms in total. The number of hydrogen-bond acceptors (Lipinski definition) is 3. The fourth-order valence-corrected chi connectivity index (χ4v) is 3.79. The molecule has 1 aromatic rings. The van der Waals surface area contributed by atoms with Crippen molar-refractivity contribution in [3.05, 3.63) is 27.2 Å². The normalized spacial score (nSPS) is 17.1. The average molecular weight is 321 g/mol. The molecule has 0 amide bonds. The number of hydrogen-bond donors (Lipinski definition) is 2. The van der Waals surface area contributed by atoms with Gasteiger partial charge in [-0.3, -0.25) is 4.79 Å². The first-order valence-electron chi connectivity index (χ1n) is 9.15. The number of aromatic nitrogens is 1. The molecule has 2 N–H and O–H groups in total. The molecule has 0 unspecified atom stereocenters. The van der Waals surface area contributed by atoms with Gasteiger partial charge in [-0.15, -0.1) is 0 Å². The number of aromatic amines is 1. The smallest absolute Gasteiger partial charge is 0.227 e. The van der Waals surface area contributed by atoms with Crippen LogP contribution in [-0.4, -0.2) is 17.2 Å². The molecule has 1 aliphatic carbocycles. The molecule has 0 spiro atoms. The van der Waals surface area contributed by atoms with Gasteiger partial charge in [0, 0.05) is 11.3 Å². The van der Waals surface area contributed by atoms with Crippen LogP contribution in [0.25, 0.3) is 0 Å². The number of unbranched alkanes of at least 4 members (excludes halogenated alkanes) is 5. The summed E-state index contributed by atoms with van der Waals surface area (Å²) in [6.45, 7) is 2.05. The van der Waals surface area contributed by atoms with Gasteiger partial charge in [0.05, 0.1) is 19.4 Å². The van der Waals surface area contributed by atoms with Crippen molar-refractivity contribution in [2.75, 3.05) is 7.11 Å². The van der Waals surface area contributed by atoms with Crippen molar-refractivity contribution in [1.82, 2.24) is 4.98 Å². The summed E-state index contributed by atoms with van der Waals surface area (Å²) in [5.41, 5.74) is 2.43. The number of aliphatic hydroxyl groups excluding tert-OH is 1. The lowest BCUT2D eigenvalue weighted by atomic mass is 9.81. The molecule has 1 aromatic heterocycles. The zero-order valence-corrected chi connectivity index (χ0v) is 14.6. The summed E-state index contributed by atoms with van der Waals surface area (Å²) < 4.78 is 5.25. The number of fused-ring (bicyclic) bond motifs is 1. The fourth-order valence-electron chi connectivity index (χ4n) is 3.79. The first kappa shape index (κ1) is 18.1. The van der Waals surface area contributed by atoms with Crippen LogP contribution in [0.4, 0.5) is 0 Å². The van der Waals surface area contributed by atoms with Crippen LogP contribution in [0, 0.1) is 0 Å². The van der Waals surface area contributed by atoms with Gasteiger partial charge in [-0.25, -0.2) is 0 Å². The van der Waals surface area contributed by atoms with Gasteiger partial charge in [0.15, 0.2) is 5.75 Å². The summed E-state index contributed by atoms with van der Waals surface area (Å²) in [6.07, 6.45) is 11.9. The Morgan fingerprint density at radius 2 is 1.96 bits per heavy atom. The third kappa shape index (κ3) is 4.37. The van der Waals surface area contributed by atoms with E-state index in [0.717, 1.165) is 36.9 Å². The Bertz CT molecular complexity index is 550. The Morgan fingerprint density at radius 1 is 1.22 bits per heavy atom. The number of aliphatic hydroxyl groups is 1. The predicted molar refractivity (Wildman–Crippen MR) is 93.2 cm³/mol. The van der Waals surface area contributed by atoms with Crippen molar-refractivity contribution in [2.24, 2.45) is 0 Å². The summed E-state index contributed by atoms with van der Waals surface area (Å²) in [5, 5.41) is 9.44. The minimum atomic E-state index is -0.187. The highest BCUT2D eigenvalue weighted by Crippen LogP contribution is 2.34. The highest BCUT2D eigenvalue weighted by molar-refractivity contribution is 5.38. The third-order valence-electron chi connectivity index (χ3n) is 5.01. The third-order valence-corrected chi connectivity index (χ3v) is 5.01. The second-order valence-corrected chi connectivity index (χ2v) is 6.66. The minimum Gasteiger partial charge on any atom is -0.491 e. The van der Waals surface area contributed by atoms with Gasteiger partial charge in [0.2, 0.25) is 5.43 Å². The van der Waals surface area contributed by atoms with Crippen molar-refractivity contribution in [3.63, 3.8) is 0 Å². The van der Waals surface area contributed by atoms with Crippen molar-refractivity contribution >= 4 is 0 Å². The van der Waals surface area contributed by atoms with Gasteiger partial charge >= 0.3 is 0 Å². The number of pyridine rings is 1. The summed E-state index contributed by atoms with van der Waals surface area (Å²) >= 11 is 0. The van der Waals surface area contributed by atoms with Crippen LogP contribution in [-0.2, 0) is 13.0 Å². The van der Waals surface area contributed by atoms with E-state index in [1.165, 1.54) is 45.6 Å². The molecule has 0 fully saturated rings. The predicted octanol–water partition coefficient (Wildman–Crippen LogP) is 4.05. The van der Waals surface area contributed by atoms with Gasteiger partial charge < -0.3 is 14.8 Å². The number of methoxy groups -OCH3 is 1. The first-order valence-corrected chi connectivity index (χ1v) is 9.15. The van der Waals surface area contributed by atoms with E-state index in [4.69, 9.17) is 4.74 Å². The largest absolute Gasteiger partial charge is 0.491 e. The second-order valence-electron chi connectivity index (χ2n) is 6.66. The van der Waals surface area contributed by atoms with Crippen LogP contribution >= 0.6 is 0 Å². The SMILES string of the molecule is CCCCCCCC[C@@H]1CCCc2[nH]c(CO)c(OC)c(=O)c21. The molecule has 130 valence electrons. The molecule has 0 saturated carbocycles.